The molecule has 0 bridgehead atoms. The van der Waals surface area contributed by atoms with Gasteiger partial charge in [-0.15, -0.1) is 0 Å². The van der Waals surface area contributed by atoms with Gasteiger partial charge in [-0.2, -0.15) is 0 Å². The second-order valence-electron chi connectivity index (χ2n) is 4.48. The van der Waals surface area contributed by atoms with E-state index in [4.69, 9.17) is 0 Å². The molecule has 0 unspecified atom stereocenters. The highest BCUT2D eigenvalue weighted by molar-refractivity contribution is 5.90. The van der Waals surface area contributed by atoms with Crippen molar-refractivity contribution in [2.24, 2.45) is 5.41 Å². The van der Waals surface area contributed by atoms with Crippen LogP contribution >= 0.6 is 0 Å². The molecular weight excluding hydrogens is 219 g/mol. The maximum Gasteiger partial charge on any atom is 0.159 e. The van der Waals surface area contributed by atoms with Crippen LogP contribution in [0.3, 0.4) is 0 Å². The molecule has 0 amide bonds. The van der Waals surface area contributed by atoms with Crippen LogP contribution < -0.4 is 0 Å². The number of hydrogen-bond acceptors (Lipinski definition) is 2. The van der Waals surface area contributed by atoms with E-state index >= 15 is 0 Å². The first-order valence-corrected chi connectivity index (χ1v) is 6.56. The van der Waals surface area contributed by atoms with Crippen molar-refractivity contribution in [1.82, 2.24) is 0 Å². The molecular formula is C14H25FO2. The first-order chi connectivity index (χ1) is 8.06. The predicted molar refractivity (Wildman–Crippen MR) is 68.9 cm³/mol. The molecule has 0 aliphatic heterocycles. The van der Waals surface area contributed by atoms with E-state index in [2.05, 4.69) is 0 Å². The van der Waals surface area contributed by atoms with Crippen LogP contribution in [0.2, 0.25) is 0 Å². The van der Waals surface area contributed by atoms with Gasteiger partial charge in [0.25, 0.3) is 0 Å². The van der Waals surface area contributed by atoms with Crippen LogP contribution in [0.1, 0.15) is 59.3 Å². The van der Waals surface area contributed by atoms with E-state index in [9.17, 15) is 14.3 Å². The lowest BCUT2D eigenvalue weighted by atomic mass is 9.77. The van der Waals surface area contributed by atoms with E-state index in [0.717, 1.165) is 19.3 Å². The third kappa shape index (κ3) is 4.88. The number of rotatable bonds is 9. The van der Waals surface area contributed by atoms with Crippen molar-refractivity contribution in [3.63, 3.8) is 0 Å². The Morgan fingerprint density at radius 1 is 1.18 bits per heavy atom. The van der Waals surface area contributed by atoms with E-state index < -0.39 is 0 Å². The number of alkyl halides is 1. The molecule has 0 atom stereocenters. The zero-order valence-electron chi connectivity index (χ0n) is 11.3. The quantitative estimate of drug-likeness (QED) is 0.372. The maximum absolute atomic E-state index is 11.9. The first-order valence-electron chi connectivity index (χ1n) is 6.56. The van der Waals surface area contributed by atoms with Crippen molar-refractivity contribution in [2.45, 2.75) is 59.3 Å². The predicted octanol–water partition coefficient (Wildman–Crippen LogP) is 4.35. The number of carbonyl (C=O) groups excluding carboxylic acids is 1. The molecule has 0 aliphatic carbocycles. The minimum Gasteiger partial charge on any atom is -0.512 e. The minimum atomic E-state index is -0.383. The highest BCUT2D eigenvalue weighted by atomic mass is 19.1. The molecule has 0 spiro atoms. The van der Waals surface area contributed by atoms with Gasteiger partial charge in [0, 0.05) is 17.9 Å². The van der Waals surface area contributed by atoms with Crippen molar-refractivity contribution in [3.05, 3.63) is 11.8 Å². The minimum absolute atomic E-state index is 0.101. The van der Waals surface area contributed by atoms with Crippen molar-refractivity contribution in [2.75, 3.05) is 6.67 Å². The molecule has 0 saturated carbocycles. The van der Waals surface area contributed by atoms with Gasteiger partial charge in [0.15, 0.2) is 5.78 Å². The standard InChI is InChI=1S/C14H25FO2/c1-4-14(5-2,6-3)13(17)11-12(16)9-7-8-10-15/h11,17H,4-10H2,1-3H3/b13-11-. The topological polar surface area (TPSA) is 37.3 Å². The largest absolute Gasteiger partial charge is 0.512 e. The van der Waals surface area contributed by atoms with Gasteiger partial charge in [-0.3, -0.25) is 9.18 Å². The number of halogens is 1. The van der Waals surface area contributed by atoms with Crippen LogP contribution in [0.25, 0.3) is 0 Å². The fourth-order valence-electron chi connectivity index (χ4n) is 2.06. The van der Waals surface area contributed by atoms with Gasteiger partial charge >= 0.3 is 0 Å². The molecule has 17 heavy (non-hydrogen) atoms. The molecule has 0 aromatic heterocycles. The second-order valence-corrected chi connectivity index (χ2v) is 4.48. The lowest BCUT2D eigenvalue weighted by Gasteiger charge is -2.29. The number of aliphatic hydroxyl groups is 1. The second kappa shape index (κ2) is 8.26. The Kier molecular flexibility index (Phi) is 7.85. The van der Waals surface area contributed by atoms with E-state index in [0.29, 0.717) is 19.3 Å². The summed E-state index contributed by atoms with van der Waals surface area (Å²) in [5.41, 5.74) is -0.268. The van der Waals surface area contributed by atoms with Gasteiger partial charge in [-0.1, -0.05) is 20.8 Å². The Labute approximate surface area is 104 Å². The zero-order chi connectivity index (χ0) is 13.3. The SMILES string of the molecule is CCC(CC)(CC)/C(O)=C/C(=O)CCCCF. The Balaban J connectivity index is 4.54. The van der Waals surface area contributed by atoms with E-state index in [1.807, 2.05) is 20.8 Å². The van der Waals surface area contributed by atoms with Gasteiger partial charge in [-0.25, -0.2) is 0 Å². The van der Waals surface area contributed by atoms with E-state index in [-0.39, 0.29) is 23.6 Å². The average Bonchev–Trinajstić information content (AvgIpc) is 2.32. The molecule has 0 fully saturated rings. The molecule has 0 rings (SSSR count). The van der Waals surface area contributed by atoms with Gasteiger partial charge in [0.05, 0.1) is 6.67 Å². The molecule has 0 aliphatic rings. The molecule has 0 aromatic carbocycles. The summed E-state index contributed by atoms with van der Waals surface area (Å²) in [6, 6.07) is 0. The lowest BCUT2D eigenvalue weighted by Crippen LogP contribution is -2.21. The summed E-state index contributed by atoms with van der Waals surface area (Å²) < 4.78 is 11.9. The Morgan fingerprint density at radius 3 is 2.12 bits per heavy atom. The summed E-state index contributed by atoms with van der Waals surface area (Å²) in [4.78, 5) is 11.6. The van der Waals surface area contributed by atoms with Crippen LogP contribution in [0.5, 0.6) is 0 Å². The molecule has 2 nitrogen and oxygen atoms in total. The van der Waals surface area contributed by atoms with Gasteiger partial charge in [0.2, 0.25) is 0 Å². The Hall–Kier alpha value is -0.860. The molecule has 0 aromatic rings. The highest BCUT2D eigenvalue weighted by Crippen LogP contribution is 2.36. The third-order valence-electron chi connectivity index (χ3n) is 3.68. The van der Waals surface area contributed by atoms with Crippen molar-refractivity contribution in [3.8, 4) is 0 Å². The Bertz CT molecular complexity index is 247. The molecule has 0 radical (unpaired) electrons. The number of unbranched alkanes of at least 4 members (excludes halogenated alkanes) is 1. The zero-order valence-corrected chi connectivity index (χ0v) is 11.3. The Morgan fingerprint density at radius 2 is 1.71 bits per heavy atom. The normalized spacial score (nSPS) is 12.8. The van der Waals surface area contributed by atoms with E-state index in [1.54, 1.807) is 0 Å². The lowest BCUT2D eigenvalue weighted by molar-refractivity contribution is -0.115. The smallest absolute Gasteiger partial charge is 0.159 e. The summed E-state index contributed by atoms with van der Waals surface area (Å²) in [5, 5.41) is 10.1. The summed E-state index contributed by atoms with van der Waals surface area (Å²) >= 11 is 0. The van der Waals surface area contributed by atoms with Crippen molar-refractivity contribution in [1.29, 1.82) is 0 Å². The van der Waals surface area contributed by atoms with Crippen molar-refractivity contribution >= 4 is 5.78 Å². The maximum atomic E-state index is 11.9. The van der Waals surface area contributed by atoms with Crippen LogP contribution in [0.4, 0.5) is 4.39 Å². The van der Waals surface area contributed by atoms with Gasteiger partial charge in [0.1, 0.15) is 5.76 Å². The summed E-state index contributed by atoms with van der Waals surface area (Å²) in [6.07, 6.45) is 5.09. The molecule has 1 N–H and O–H groups in total. The fourth-order valence-corrected chi connectivity index (χ4v) is 2.06. The molecule has 0 saturated heterocycles. The van der Waals surface area contributed by atoms with Crippen LogP contribution in [0, 0.1) is 5.41 Å². The summed E-state index contributed by atoms with van der Waals surface area (Å²) in [6.45, 7) is 5.67. The summed E-state index contributed by atoms with van der Waals surface area (Å²) in [7, 11) is 0. The monoisotopic (exact) mass is 244 g/mol. The third-order valence-corrected chi connectivity index (χ3v) is 3.68. The van der Waals surface area contributed by atoms with Crippen molar-refractivity contribution < 1.29 is 14.3 Å². The molecule has 3 heteroatoms. The molecule has 0 heterocycles. The molecule has 100 valence electrons. The number of aliphatic hydroxyl groups excluding tert-OH is 1. The number of allylic oxidation sites excluding steroid dienone is 2. The van der Waals surface area contributed by atoms with E-state index in [1.165, 1.54) is 6.08 Å². The first kappa shape index (κ1) is 16.1. The summed E-state index contributed by atoms with van der Waals surface area (Å²) in [5.74, 6) is 0.0888. The highest BCUT2D eigenvalue weighted by Gasteiger charge is 2.29. The van der Waals surface area contributed by atoms with Crippen LogP contribution in [-0.4, -0.2) is 17.6 Å². The number of ketones is 1. The number of carbonyl (C=O) groups is 1. The van der Waals surface area contributed by atoms with Crippen LogP contribution in [-0.2, 0) is 4.79 Å². The van der Waals surface area contributed by atoms with Gasteiger partial charge < -0.3 is 5.11 Å². The number of hydrogen-bond donors (Lipinski definition) is 1. The van der Waals surface area contributed by atoms with Crippen LogP contribution in [0.15, 0.2) is 11.8 Å². The fraction of sp³-hybridized carbons (Fsp3) is 0.786. The average molecular weight is 244 g/mol. The van der Waals surface area contributed by atoms with Gasteiger partial charge in [-0.05, 0) is 32.1 Å².